The van der Waals surface area contributed by atoms with E-state index in [0.717, 1.165) is 49.5 Å². The van der Waals surface area contributed by atoms with Gasteiger partial charge in [-0.05, 0) is 83.1 Å². The van der Waals surface area contributed by atoms with Crippen molar-refractivity contribution in [1.29, 1.82) is 0 Å². The lowest BCUT2D eigenvalue weighted by Crippen LogP contribution is -2.24. The van der Waals surface area contributed by atoms with E-state index in [4.69, 9.17) is 11.2 Å². The summed E-state index contributed by atoms with van der Waals surface area (Å²) in [5, 5.41) is 3.01. The fourth-order valence-electron chi connectivity index (χ4n) is 4.75. The van der Waals surface area contributed by atoms with Crippen molar-refractivity contribution in [3.8, 4) is 40.3 Å². The third kappa shape index (κ3) is 7.99. The Bertz CT molecular complexity index is 1750. The van der Waals surface area contributed by atoms with Gasteiger partial charge in [0.05, 0.1) is 5.56 Å². The standard InChI is InChI=1S/C37H30F7NO/c1-4-7-8-9-23(5-2)22-45-35(6-3)26-13-17-30(32(39)19-26)37(43,44)46-28-14-10-24(11-15-28)25-12-16-29(31(38)18-25)27-20-33(40)36(42)34(41)21-27/h3,5,10-22,35,45H,2,4,7-9H2,1H3/b23-22+. The first kappa shape index (κ1) is 33.9. The molecule has 0 aliphatic heterocycles. The monoisotopic (exact) mass is 637 g/mol. The van der Waals surface area contributed by atoms with E-state index in [1.165, 1.54) is 42.5 Å². The molecule has 0 aliphatic carbocycles. The first-order valence-corrected chi connectivity index (χ1v) is 14.4. The SMILES string of the molecule is C#CC(N/C=C(\C=C)CCCCC)c1ccc(C(F)(F)Oc2ccc(-c3ccc(-c4cc(F)c(F)c(F)c4)c(F)c3)cc2)c(F)c1. The highest BCUT2D eigenvalue weighted by atomic mass is 19.3. The minimum absolute atomic E-state index is 0.168. The summed E-state index contributed by atoms with van der Waals surface area (Å²) in [6, 6.07) is 12.7. The summed E-state index contributed by atoms with van der Waals surface area (Å²) >= 11 is 0. The summed E-state index contributed by atoms with van der Waals surface area (Å²) in [7, 11) is 0. The molecule has 0 spiro atoms. The van der Waals surface area contributed by atoms with Crippen LogP contribution in [0, 0.1) is 41.4 Å². The van der Waals surface area contributed by atoms with Gasteiger partial charge in [0, 0.05) is 11.8 Å². The highest BCUT2D eigenvalue weighted by Gasteiger charge is 2.38. The van der Waals surface area contributed by atoms with Crippen LogP contribution < -0.4 is 10.1 Å². The average Bonchev–Trinajstić information content (AvgIpc) is 3.03. The van der Waals surface area contributed by atoms with Gasteiger partial charge in [-0.25, -0.2) is 22.0 Å². The molecule has 0 bridgehead atoms. The second-order valence-electron chi connectivity index (χ2n) is 10.5. The Morgan fingerprint density at radius 1 is 0.848 bits per heavy atom. The predicted molar refractivity (Wildman–Crippen MR) is 165 cm³/mol. The van der Waals surface area contributed by atoms with Crippen LogP contribution in [0.15, 0.2) is 97.2 Å². The van der Waals surface area contributed by atoms with Crippen LogP contribution in [0.25, 0.3) is 22.3 Å². The van der Waals surface area contributed by atoms with Crippen LogP contribution >= 0.6 is 0 Å². The van der Waals surface area contributed by atoms with Crippen LogP contribution in [0.4, 0.5) is 30.7 Å². The van der Waals surface area contributed by atoms with Crippen molar-refractivity contribution in [1.82, 2.24) is 5.32 Å². The van der Waals surface area contributed by atoms with Crippen molar-refractivity contribution in [2.75, 3.05) is 0 Å². The summed E-state index contributed by atoms with van der Waals surface area (Å²) in [5.41, 5.74) is 0.539. The number of terminal acetylenes is 1. The van der Waals surface area contributed by atoms with Gasteiger partial charge in [-0.15, -0.1) is 6.42 Å². The van der Waals surface area contributed by atoms with Gasteiger partial charge in [0.25, 0.3) is 0 Å². The third-order valence-corrected chi connectivity index (χ3v) is 7.27. The lowest BCUT2D eigenvalue weighted by molar-refractivity contribution is -0.187. The van der Waals surface area contributed by atoms with Gasteiger partial charge in [-0.2, -0.15) is 8.78 Å². The van der Waals surface area contributed by atoms with Crippen LogP contribution in [-0.4, -0.2) is 0 Å². The first-order chi connectivity index (χ1) is 22.0. The molecule has 4 aromatic carbocycles. The molecular formula is C37H30F7NO. The molecule has 46 heavy (non-hydrogen) atoms. The maximum Gasteiger partial charge on any atom is 0.429 e. The molecular weight excluding hydrogens is 607 g/mol. The number of rotatable bonds is 13. The Balaban J connectivity index is 1.47. The number of hydrogen-bond donors (Lipinski definition) is 1. The van der Waals surface area contributed by atoms with Crippen molar-refractivity contribution >= 4 is 0 Å². The molecule has 0 heterocycles. The van der Waals surface area contributed by atoms with Crippen molar-refractivity contribution < 1.29 is 35.5 Å². The van der Waals surface area contributed by atoms with E-state index >= 15 is 8.78 Å². The van der Waals surface area contributed by atoms with Gasteiger partial charge in [-0.3, -0.25) is 0 Å². The molecule has 0 aromatic heterocycles. The van der Waals surface area contributed by atoms with Crippen LogP contribution in [0.3, 0.4) is 0 Å². The molecule has 4 rings (SSSR count). The molecule has 1 atom stereocenters. The molecule has 1 unspecified atom stereocenters. The fraction of sp³-hybridized carbons (Fsp3) is 0.189. The van der Waals surface area contributed by atoms with Gasteiger partial charge in [0.15, 0.2) is 17.5 Å². The topological polar surface area (TPSA) is 21.3 Å². The summed E-state index contributed by atoms with van der Waals surface area (Å²) in [6.07, 6.45) is 8.82. The van der Waals surface area contributed by atoms with E-state index in [-0.39, 0.29) is 22.4 Å². The predicted octanol–water partition coefficient (Wildman–Crippen LogP) is 10.8. The molecule has 0 saturated heterocycles. The zero-order valence-corrected chi connectivity index (χ0v) is 24.8. The lowest BCUT2D eigenvalue weighted by Gasteiger charge is -2.20. The number of hydrogen-bond acceptors (Lipinski definition) is 2. The highest BCUT2D eigenvalue weighted by Crippen LogP contribution is 2.36. The maximum absolute atomic E-state index is 15.1. The molecule has 1 N–H and O–H groups in total. The highest BCUT2D eigenvalue weighted by molar-refractivity contribution is 5.71. The Hall–Kier alpha value is -4.97. The van der Waals surface area contributed by atoms with Crippen molar-refractivity contribution in [2.45, 2.75) is 44.8 Å². The number of benzene rings is 4. The van der Waals surface area contributed by atoms with Gasteiger partial charge >= 0.3 is 6.11 Å². The van der Waals surface area contributed by atoms with Crippen LogP contribution in [0.1, 0.15) is 49.8 Å². The number of allylic oxidation sites excluding steroid dienone is 2. The number of halogens is 7. The van der Waals surface area contributed by atoms with Gasteiger partial charge in [-0.1, -0.05) is 68.7 Å². The Labute approximate surface area is 263 Å². The van der Waals surface area contributed by atoms with Crippen molar-refractivity contribution in [3.05, 3.63) is 137 Å². The molecule has 0 fully saturated rings. The van der Waals surface area contributed by atoms with Crippen LogP contribution in [0.5, 0.6) is 5.75 Å². The number of ether oxygens (including phenoxy) is 1. The summed E-state index contributed by atoms with van der Waals surface area (Å²) in [6.45, 7) is 5.88. The third-order valence-electron chi connectivity index (χ3n) is 7.27. The number of nitrogens with one attached hydrogen (secondary N) is 1. The Morgan fingerprint density at radius 2 is 1.50 bits per heavy atom. The van der Waals surface area contributed by atoms with Gasteiger partial charge in [0.1, 0.15) is 23.4 Å². The van der Waals surface area contributed by atoms with Crippen molar-refractivity contribution in [2.24, 2.45) is 0 Å². The normalized spacial score (nSPS) is 12.4. The number of unbranched alkanes of at least 4 members (excludes halogenated alkanes) is 2. The Kier molecular flexibility index (Phi) is 11.0. The molecule has 238 valence electrons. The van der Waals surface area contributed by atoms with Gasteiger partial charge in [0.2, 0.25) is 0 Å². The number of alkyl halides is 2. The van der Waals surface area contributed by atoms with Crippen LogP contribution in [0.2, 0.25) is 0 Å². The Morgan fingerprint density at radius 3 is 2.09 bits per heavy atom. The molecule has 9 heteroatoms. The summed E-state index contributed by atoms with van der Waals surface area (Å²) < 4.78 is 105. The zero-order valence-electron chi connectivity index (χ0n) is 24.8. The lowest BCUT2D eigenvalue weighted by atomic mass is 9.99. The second kappa shape index (κ2) is 14.9. The molecule has 2 nitrogen and oxygen atoms in total. The largest absolute Gasteiger partial charge is 0.429 e. The molecule has 0 radical (unpaired) electrons. The quantitative estimate of drug-likeness (QED) is 0.0518. The van der Waals surface area contributed by atoms with E-state index in [1.807, 2.05) is 0 Å². The van der Waals surface area contributed by atoms with E-state index in [9.17, 15) is 22.0 Å². The molecule has 0 saturated carbocycles. The molecule has 0 amide bonds. The fourth-order valence-corrected chi connectivity index (χ4v) is 4.75. The maximum atomic E-state index is 15.1. The van der Waals surface area contributed by atoms with E-state index in [2.05, 4.69) is 24.7 Å². The summed E-state index contributed by atoms with van der Waals surface area (Å²) in [4.78, 5) is 0. The van der Waals surface area contributed by atoms with E-state index < -0.39 is 46.8 Å². The minimum Gasteiger partial charge on any atom is -0.429 e. The van der Waals surface area contributed by atoms with Crippen molar-refractivity contribution in [3.63, 3.8) is 0 Å². The van der Waals surface area contributed by atoms with E-state index in [0.29, 0.717) is 23.3 Å². The average molecular weight is 638 g/mol. The van der Waals surface area contributed by atoms with E-state index in [1.54, 1.807) is 12.3 Å². The van der Waals surface area contributed by atoms with Crippen LogP contribution in [-0.2, 0) is 6.11 Å². The van der Waals surface area contributed by atoms with Gasteiger partial charge < -0.3 is 10.1 Å². The second-order valence-corrected chi connectivity index (χ2v) is 10.5. The molecule has 0 aliphatic rings. The zero-order chi connectivity index (χ0) is 33.4. The molecule has 4 aromatic rings. The first-order valence-electron chi connectivity index (χ1n) is 14.4. The smallest absolute Gasteiger partial charge is 0.429 e. The minimum atomic E-state index is -4.05. The summed E-state index contributed by atoms with van der Waals surface area (Å²) in [5.74, 6) is -4.45.